The molecule has 1 saturated heterocycles. The Labute approximate surface area is 231 Å². The zero-order valence-corrected chi connectivity index (χ0v) is 22.9. The summed E-state index contributed by atoms with van der Waals surface area (Å²) in [4.78, 5) is 48.3. The Morgan fingerprint density at radius 1 is 1.21 bits per heavy atom. The van der Waals surface area contributed by atoms with Gasteiger partial charge in [-0.15, -0.1) is 0 Å². The van der Waals surface area contributed by atoms with Gasteiger partial charge < -0.3 is 15.1 Å². The molecule has 39 heavy (non-hydrogen) atoms. The van der Waals surface area contributed by atoms with Gasteiger partial charge in [-0.1, -0.05) is 19.9 Å². The molecule has 0 spiro atoms. The topological polar surface area (TPSA) is 152 Å². The predicted molar refractivity (Wildman–Crippen MR) is 143 cm³/mol. The first kappa shape index (κ1) is 24.4. The van der Waals surface area contributed by atoms with Crippen molar-refractivity contribution in [1.82, 2.24) is 24.9 Å². The number of fused-ring (bicyclic) bond motifs is 1. The molecule has 4 rings (SSSR count). The zero-order valence-electron chi connectivity index (χ0n) is 25.1. The molecule has 0 unspecified atom stereocenters. The predicted octanol–water partition coefficient (Wildman–Crippen LogP) is 2.60. The largest absolute Gasteiger partial charge is 0.449 e. The minimum absolute atomic E-state index is 0.0445. The van der Waals surface area contributed by atoms with E-state index in [9.17, 15) is 22.8 Å². The second-order valence-electron chi connectivity index (χ2n) is 9.83. The Morgan fingerprint density at radius 3 is 2.62 bits per heavy atom. The first-order valence-electron chi connectivity index (χ1n) is 14.1. The van der Waals surface area contributed by atoms with E-state index >= 15 is 0 Å². The number of sulfonamides is 1. The van der Waals surface area contributed by atoms with Crippen molar-refractivity contribution in [3.05, 3.63) is 54.0 Å². The Hall–Kier alpha value is -3.64. The summed E-state index contributed by atoms with van der Waals surface area (Å²) in [5, 5.41) is 4.48. The van der Waals surface area contributed by atoms with E-state index in [1.165, 1.54) is 31.3 Å². The summed E-state index contributed by atoms with van der Waals surface area (Å²) in [5.74, 6) is -3.19. The molecule has 0 aromatic carbocycles. The number of furan rings is 1. The summed E-state index contributed by atoms with van der Waals surface area (Å²) < 4.78 is 58.8. The van der Waals surface area contributed by atoms with Gasteiger partial charge in [-0.25, -0.2) is 13.4 Å². The number of aryl methyl sites for hydroxylation is 1. The van der Waals surface area contributed by atoms with Crippen molar-refractivity contribution >= 4 is 38.7 Å². The van der Waals surface area contributed by atoms with Gasteiger partial charge in [0.25, 0.3) is 15.9 Å². The van der Waals surface area contributed by atoms with Crippen molar-refractivity contribution in [3.63, 3.8) is 0 Å². The Bertz CT molecular complexity index is 1610. The number of carbonyl (C=O) groups is 3. The monoisotopic (exact) mass is 558 g/mol. The molecule has 3 aromatic heterocycles. The van der Waals surface area contributed by atoms with E-state index in [0.717, 1.165) is 0 Å². The number of aromatic nitrogens is 2. The average Bonchev–Trinajstić information content (AvgIpc) is 3.24. The van der Waals surface area contributed by atoms with Gasteiger partial charge in [0.15, 0.2) is 22.2 Å². The lowest BCUT2D eigenvalue weighted by atomic mass is 10.0. The number of hydrogen-bond donors (Lipinski definition) is 2. The molecular weight excluding hydrogens is 522 g/mol. The molecule has 3 aromatic rings. The fourth-order valence-electron chi connectivity index (χ4n) is 4.31. The summed E-state index contributed by atoms with van der Waals surface area (Å²) in [6, 6.07) is 2.61. The van der Waals surface area contributed by atoms with Crippen LogP contribution < -0.4 is 10.6 Å². The molecule has 11 nitrogen and oxygen atoms in total. The quantitative estimate of drug-likeness (QED) is 0.428. The maximum absolute atomic E-state index is 13.6. The zero-order chi connectivity index (χ0) is 31.0. The first-order valence-corrected chi connectivity index (χ1v) is 14.0. The Morgan fingerprint density at radius 2 is 1.95 bits per heavy atom. The normalized spacial score (nSPS) is 23.9. The van der Waals surface area contributed by atoms with Gasteiger partial charge >= 0.3 is 0 Å². The van der Waals surface area contributed by atoms with E-state index < -0.39 is 57.2 Å². The van der Waals surface area contributed by atoms with Crippen LogP contribution in [0.1, 0.15) is 60.3 Å². The SMILES string of the molecule is [2H]C1([2H])C(=O)[C@@]([2H])(NC(=O)[C@H](CC(C)C)NC(=O)c2oc3cccnc3c2C)CC[C@@H](C)N1S(=O)(=O)c1ccccn1. The number of carbonyl (C=O) groups excluding carboxylic acids is 3. The Kier molecular flexibility index (Phi) is 7.27. The van der Waals surface area contributed by atoms with Gasteiger partial charge in [0.2, 0.25) is 5.91 Å². The third kappa shape index (κ3) is 6.17. The minimum atomic E-state index is -4.59. The van der Waals surface area contributed by atoms with Crippen LogP contribution in [0.15, 0.2) is 52.2 Å². The number of nitrogens with one attached hydrogen (secondary N) is 2. The highest BCUT2D eigenvalue weighted by Crippen LogP contribution is 2.24. The molecule has 1 aliphatic rings. The number of nitrogens with zero attached hydrogens (tertiary/aromatic N) is 3. The van der Waals surface area contributed by atoms with Gasteiger partial charge in [-0.05, 0) is 63.3 Å². The highest BCUT2D eigenvalue weighted by Gasteiger charge is 2.38. The highest BCUT2D eigenvalue weighted by molar-refractivity contribution is 7.89. The maximum Gasteiger partial charge on any atom is 0.288 e. The van der Waals surface area contributed by atoms with Gasteiger partial charge in [0.1, 0.15) is 11.6 Å². The van der Waals surface area contributed by atoms with Crippen LogP contribution >= 0.6 is 0 Å². The molecule has 0 radical (unpaired) electrons. The molecule has 0 bridgehead atoms. The minimum Gasteiger partial charge on any atom is -0.449 e. The molecule has 4 heterocycles. The summed E-state index contributed by atoms with van der Waals surface area (Å²) >= 11 is 0. The molecule has 1 fully saturated rings. The second-order valence-corrected chi connectivity index (χ2v) is 11.6. The summed E-state index contributed by atoms with van der Waals surface area (Å²) in [7, 11) is -4.59. The lowest BCUT2D eigenvalue weighted by molar-refractivity contribution is -0.129. The standard InChI is InChI=1S/C27H33N5O6S/c1-16(2)14-20(31-27(35)25-18(4)24-22(38-25)8-7-13-29-24)26(34)30-19-11-10-17(3)32(15-21(19)33)39(36,37)23-9-5-6-12-28-23/h5-9,12-13,16-17,19-20H,10-11,14-15H2,1-4H3,(H,30,34)(H,31,35)/t17-,19+,20+/m1/s1/i15D2,19D. The van der Waals surface area contributed by atoms with E-state index in [4.69, 9.17) is 8.53 Å². The van der Waals surface area contributed by atoms with E-state index in [1.807, 2.05) is 13.8 Å². The molecule has 208 valence electrons. The van der Waals surface area contributed by atoms with Crippen molar-refractivity contribution < 1.29 is 31.3 Å². The van der Waals surface area contributed by atoms with Crippen LogP contribution in [0, 0.1) is 12.8 Å². The molecule has 2 N–H and O–H groups in total. The van der Waals surface area contributed by atoms with Crippen molar-refractivity contribution in [2.24, 2.45) is 5.92 Å². The van der Waals surface area contributed by atoms with Crippen LogP contribution in [0.2, 0.25) is 0 Å². The fourth-order valence-corrected chi connectivity index (χ4v) is 5.73. The van der Waals surface area contributed by atoms with Crippen molar-refractivity contribution in [2.75, 3.05) is 6.50 Å². The molecule has 12 heteroatoms. The number of Topliss-reactive ketones (excluding diaryl/α,β-unsaturated/α-hetero) is 1. The Balaban J connectivity index is 1.61. The van der Waals surface area contributed by atoms with E-state index in [1.54, 1.807) is 25.3 Å². The van der Waals surface area contributed by atoms with Crippen LogP contribution in [-0.2, 0) is 19.6 Å². The van der Waals surface area contributed by atoms with Crippen LogP contribution in [-0.4, -0.2) is 64.9 Å². The van der Waals surface area contributed by atoms with Gasteiger partial charge in [-0.3, -0.25) is 19.4 Å². The van der Waals surface area contributed by atoms with E-state index in [2.05, 4.69) is 20.6 Å². The van der Waals surface area contributed by atoms with E-state index in [-0.39, 0.29) is 30.9 Å². The van der Waals surface area contributed by atoms with Crippen LogP contribution in [0.3, 0.4) is 0 Å². The number of amides is 2. The van der Waals surface area contributed by atoms with Crippen LogP contribution in [0.4, 0.5) is 0 Å². The van der Waals surface area contributed by atoms with Crippen LogP contribution in [0.5, 0.6) is 0 Å². The molecule has 2 amide bonds. The summed E-state index contributed by atoms with van der Waals surface area (Å²) in [6.45, 7) is 3.51. The summed E-state index contributed by atoms with van der Waals surface area (Å²) in [6.07, 6.45) is 2.43. The number of ketones is 1. The summed E-state index contributed by atoms with van der Waals surface area (Å²) in [5.41, 5.74) is 1.35. The molecule has 1 aliphatic heterocycles. The second kappa shape index (κ2) is 11.6. The van der Waals surface area contributed by atoms with Gasteiger partial charge in [0, 0.05) is 24.0 Å². The highest BCUT2D eigenvalue weighted by atomic mass is 32.2. The smallest absolute Gasteiger partial charge is 0.288 e. The number of rotatable bonds is 8. The average molecular weight is 559 g/mol. The fraction of sp³-hybridized carbons (Fsp3) is 0.444. The van der Waals surface area contributed by atoms with Gasteiger partial charge in [0.05, 0.1) is 16.6 Å². The van der Waals surface area contributed by atoms with Crippen molar-refractivity contribution in [2.45, 2.75) is 70.1 Å². The molecule has 0 saturated carbocycles. The van der Waals surface area contributed by atoms with Crippen molar-refractivity contribution in [3.8, 4) is 0 Å². The molecular formula is C27H33N5O6S. The van der Waals surface area contributed by atoms with Crippen LogP contribution in [0.25, 0.3) is 11.1 Å². The molecule has 0 aliphatic carbocycles. The third-order valence-corrected chi connectivity index (χ3v) is 8.09. The maximum atomic E-state index is 13.6. The molecule has 3 atom stereocenters. The lowest BCUT2D eigenvalue weighted by Crippen LogP contribution is -2.52. The van der Waals surface area contributed by atoms with E-state index in [0.29, 0.717) is 21.0 Å². The van der Waals surface area contributed by atoms with Gasteiger partial charge in [-0.2, -0.15) is 4.31 Å². The number of pyridine rings is 2. The van der Waals surface area contributed by atoms with Crippen molar-refractivity contribution in [1.29, 1.82) is 0 Å². The lowest BCUT2D eigenvalue weighted by Gasteiger charge is -2.25. The number of hydrogen-bond acceptors (Lipinski definition) is 8. The third-order valence-electron chi connectivity index (χ3n) is 6.35. The first-order chi connectivity index (χ1) is 19.6.